The van der Waals surface area contributed by atoms with Crippen molar-refractivity contribution in [2.24, 2.45) is 0 Å². The van der Waals surface area contributed by atoms with Gasteiger partial charge in [0.25, 0.3) is 0 Å². The van der Waals surface area contributed by atoms with Crippen LogP contribution in [0.1, 0.15) is 13.8 Å². The van der Waals surface area contributed by atoms with Gasteiger partial charge in [-0.15, -0.1) is 0 Å². The second-order valence-electron chi connectivity index (χ2n) is 3.18. The predicted molar refractivity (Wildman–Crippen MR) is 50.7 cm³/mol. The molecule has 1 heterocycles. The maximum Gasteiger partial charge on any atom is 0.242 e. The van der Waals surface area contributed by atoms with Crippen LogP contribution in [0.4, 0.5) is 0 Å². The lowest BCUT2D eigenvalue weighted by molar-refractivity contribution is -0.145. The summed E-state index contributed by atoms with van der Waals surface area (Å²) in [5.74, 6) is -0.141. The van der Waals surface area contributed by atoms with Gasteiger partial charge in [-0.3, -0.25) is 9.59 Å². The first-order valence-corrected chi connectivity index (χ1v) is 4.81. The zero-order valence-corrected chi connectivity index (χ0v) is 8.58. The monoisotopic (exact) mass is 200 g/mol. The lowest BCUT2D eigenvalue weighted by Crippen LogP contribution is -2.57. The van der Waals surface area contributed by atoms with E-state index >= 15 is 0 Å². The Kier molecular flexibility index (Phi) is 3.88. The fraction of sp³-hybridized carbons (Fsp3) is 0.778. The molecule has 5 heteroatoms. The van der Waals surface area contributed by atoms with Crippen LogP contribution >= 0.6 is 0 Å². The molecule has 0 aromatic rings. The molecule has 0 aromatic carbocycles. The molecule has 0 aromatic heterocycles. The molecule has 14 heavy (non-hydrogen) atoms. The van der Waals surface area contributed by atoms with Crippen molar-refractivity contribution in [1.29, 1.82) is 0 Å². The molecule has 2 amide bonds. The van der Waals surface area contributed by atoms with Gasteiger partial charge >= 0.3 is 0 Å². The maximum absolute atomic E-state index is 11.4. The van der Waals surface area contributed by atoms with E-state index in [0.29, 0.717) is 19.8 Å². The number of carbonyl (C=O) groups is 2. The van der Waals surface area contributed by atoms with E-state index in [1.54, 1.807) is 11.8 Å². The fourth-order valence-corrected chi connectivity index (χ4v) is 1.40. The quantitative estimate of drug-likeness (QED) is 0.615. The summed E-state index contributed by atoms with van der Waals surface area (Å²) in [7, 11) is 0. The average molecular weight is 200 g/mol. The number of rotatable bonds is 4. The van der Waals surface area contributed by atoms with Gasteiger partial charge in [0.1, 0.15) is 6.04 Å². The van der Waals surface area contributed by atoms with Crippen molar-refractivity contribution in [3.63, 3.8) is 0 Å². The van der Waals surface area contributed by atoms with Crippen LogP contribution in [-0.4, -0.2) is 49.1 Å². The molecule has 0 radical (unpaired) electrons. The van der Waals surface area contributed by atoms with Crippen LogP contribution < -0.4 is 5.32 Å². The van der Waals surface area contributed by atoms with E-state index in [-0.39, 0.29) is 24.4 Å². The lowest BCUT2D eigenvalue weighted by atomic mass is 10.2. The second-order valence-corrected chi connectivity index (χ2v) is 3.18. The number of carbonyl (C=O) groups excluding carboxylic acids is 2. The van der Waals surface area contributed by atoms with E-state index in [9.17, 15) is 9.59 Å². The molecule has 0 spiro atoms. The smallest absolute Gasteiger partial charge is 0.242 e. The van der Waals surface area contributed by atoms with Crippen LogP contribution in [0.5, 0.6) is 0 Å². The molecular weight excluding hydrogens is 184 g/mol. The summed E-state index contributed by atoms with van der Waals surface area (Å²) in [5, 5.41) is 2.53. The number of piperazine rings is 1. The maximum atomic E-state index is 11.4. The zero-order valence-electron chi connectivity index (χ0n) is 8.58. The van der Waals surface area contributed by atoms with Gasteiger partial charge in [-0.2, -0.15) is 0 Å². The fourth-order valence-electron chi connectivity index (χ4n) is 1.40. The molecule has 5 nitrogen and oxygen atoms in total. The number of nitrogens with zero attached hydrogens (tertiary/aromatic N) is 1. The Balaban J connectivity index is 2.46. The van der Waals surface area contributed by atoms with Gasteiger partial charge in [0.05, 0.1) is 13.2 Å². The Labute approximate surface area is 83.4 Å². The number of nitrogens with one attached hydrogen (secondary N) is 1. The Hall–Kier alpha value is -1.10. The third-order valence-electron chi connectivity index (χ3n) is 2.26. The highest BCUT2D eigenvalue weighted by Crippen LogP contribution is 2.04. The van der Waals surface area contributed by atoms with Crippen molar-refractivity contribution in [3.8, 4) is 0 Å². The normalized spacial score (nSPS) is 22.4. The Bertz CT molecular complexity index is 230. The number of hydrogen-bond acceptors (Lipinski definition) is 3. The molecule has 0 saturated carbocycles. The summed E-state index contributed by atoms with van der Waals surface area (Å²) in [4.78, 5) is 24.2. The van der Waals surface area contributed by atoms with E-state index in [0.717, 1.165) is 0 Å². The SMILES string of the molecule is CCOCCN1C(=O)CNC(=O)C1C. The molecule has 1 rings (SSSR count). The van der Waals surface area contributed by atoms with Crippen molar-refractivity contribution >= 4 is 11.8 Å². The van der Waals surface area contributed by atoms with E-state index in [2.05, 4.69) is 5.32 Å². The Morgan fingerprint density at radius 3 is 2.93 bits per heavy atom. The van der Waals surface area contributed by atoms with Gasteiger partial charge in [-0.25, -0.2) is 0 Å². The summed E-state index contributed by atoms with van der Waals surface area (Å²) in [6.07, 6.45) is 0. The minimum absolute atomic E-state index is 0.0446. The van der Waals surface area contributed by atoms with Gasteiger partial charge in [0, 0.05) is 13.2 Å². The highest BCUT2D eigenvalue weighted by atomic mass is 16.5. The molecule has 0 aliphatic carbocycles. The lowest BCUT2D eigenvalue weighted by Gasteiger charge is -2.32. The Morgan fingerprint density at radius 2 is 2.29 bits per heavy atom. The van der Waals surface area contributed by atoms with Crippen LogP contribution in [0.15, 0.2) is 0 Å². The molecule has 1 atom stereocenters. The summed E-state index contributed by atoms with van der Waals surface area (Å²) in [6.45, 7) is 5.32. The van der Waals surface area contributed by atoms with Crippen LogP contribution in [0.3, 0.4) is 0 Å². The van der Waals surface area contributed by atoms with Crippen molar-refractivity contribution < 1.29 is 14.3 Å². The first kappa shape index (κ1) is 11.0. The number of hydrogen-bond donors (Lipinski definition) is 1. The standard InChI is InChI=1S/C9H16N2O3/c1-3-14-5-4-11-7(2)9(13)10-6-8(11)12/h7H,3-6H2,1-2H3,(H,10,13). The summed E-state index contributed by atoms with van der Waals surface area (Å²) < 4.78 is 5.14. The van der Waals surface area contributed by atoms with Crippen LogP contribution in [-0.2, 0) is 14.3 Å². The highest BCUT2D eigenvalue weighted by molar-refractivity contribution is 5.94. The molecule has 1 saturated heterocycles. The molecular formula is C9H16N2O3. The van der Waals surface area contributed by atoms with Crippen LogP contribution in [0.25, 0.3) is 0 Å². The molecule has 1 fully saturated rings. The highest BCUT2D eigenvalue weighted by Gasteiger charge is 2.30. The summed E-state index contributed by atoms with van der Waals surface area (Å²) in [6, 6.07) is -0.378. The third-order valence-corrected chi connectivity index (χ3v) is 2.26. The van der Waals surface area contributed by atoms with Gasteiger partial charge in [0.15, 0.2) is 0 Å². The Morgan fingerprint density at radius 1 is 1.57 bits per heavy atom. The van der Waals surface area contributed by atoms with Crippen molar-refractivity contribution in [1.82, 2.24) is 10.2 Å². The van der Waals surface area contributed by atoms with Gasteiger partial charge < -0.3 is 15.0 Å². The van der Waals surface area contributed by atoms with E-state index in [1.807, 2.05) is 6.92 Å². The minimum Gasteiger partial charge on any atom is -0.380 e. The predicted octanol–water partition coefficient (Wildman–Crippen LogP) is -0.630. The second kappa shape index (κ2) is 4.95. The molecule has 1 aliphatic rings. The van der Waals surface area contributed by atoms with Crippen LogP contribution in [0, 0.1) is 0 Å². The first-order chi connectivity index (χ1) is 6.66. The van der Waals surface area contributed by atoms with E-state index in [4.69, 9.17) is 4.74 Å². The van der Waals surface area contributed by atoms with Gasteiger partial charge in [0.2, 0.25) is 11.8 Å². The molecule has 0 bridgehead atoms. The van der Waals surface area contributed by atoms with Gasteiger partial charge in [-0.1, -0.05) is 0 Å². The summed E-state index contributed by atoms with van der Waals surface area (Å²) >= 11 is 0. The number of ether oxygens (including phenoxy) is 1. The van der Waals surface area contributed by atoms with Gasteiger partial charge in [-0.05, 0) is 13.8 Å². The summed E-state index contributed by atoms with van der Waals surface area (Å²) in [5.41, 5.74) is 0. The topological polar surface area (TPSA) is 58.6 Å². The minimum atomic E-state index is -0.378. The largest absolute Gasteiger partial charge is 0.380 e. The third kappa shape index (κ3) is 2.45. The van der Waals surface area contributed by atoms with Crippen molar-refractivity contribution in [2.75, 3.05) is 26.3 Å². The molecule has 80 valence electrons. The van der Waals surface area contributed by atoms with Crippen LogP contribution in [0.2, 0.25) is 0 Å². The first-order valence-electron chi connectivity index (χ1n) is 4.81. The number of amides is 2. The average Bonchev–Trinajstić information content (AvgIpc) is 2.18. The molecule has 1 N–H and O–H groups in total. The van der Waals surface area contributed by atoms with E-state index < -0.39 is 0 Å². The van der Waals surface area contributed by atoms with E-state index in [1.165, 1.54) is 0 Å². The molecule has 1 aliphatic heterocycles. The molecule has 1 unspecified atom stereocenters. The van der Waals surface area contributed by atoms with Crippen molar-refractivity contribution in [2.45, 2.75) is 19.9 Å². The zero-order chi connectivity index (χ0) is 10.6. The van der Waals surface area contributed by atoms with Crippen molar-refractivity contribution in [3.05, 3.63) is 0 Å².